The van der Waals surface area contributed by atoms with Gasteiger partial charge < -0.3 is 10.1 Å². The van der Waals surface area contributed by atoms with Gasteiger partial charge >= 0.3 is 5.97 Å². The number of hydrogen-bond donors (Lipinski definition) is 2. The number of carbonyl (C=O) groups excluding carboxylic acids is 2. The lowest BCUT2D eigenvalue weighted by atomic mass is 10.2. The fourth-order valence-electron chi connectivity index (χ4n) is 2.53. The van der Waals surface area contributed by atoms with Gasteiger partial charge in [-0.1, -0.05) is 18.2 Å². The van der Waals surface area contributed by atoms with Crippen molar-refractivity contribution >= 4 is 27.6 Å². The molecule has 1 aliphatic carbocycles. The van der Waals surface area contributed by atoms with Crippen molar-refractivity contribution in [3.63, 3.8) is 0 Å². The number of aryl methyl sites for hydroxylation is 1. The number of ether oxygens (including phenoxy) is 1. The summed E-state index contributed by atoms with van der Waals surface area (Å²) in [5.74, 6) is -1.24. The van der Waals surface area contributed by atoms with Gasteiger partial charge in [0.2, 0.25) is 10.0 Å². The van der Waals surface area contributed by atoms with E-state index in [1.54, 1.807) is 12.1 Å². The molecule has 8 heteroatoms. The second-order valence-corrected chi connectivity index (χ2v) is 8.54. The molecule has 1 aliphatic rings. The van der Waals surface area contributed by atoms with E-state index in [1.165, 1.54) is 31.2 Å². The van der Waals surface area contributed by atoms with Crippen molar-refractivity contribution in [2.24, 2.45) is 0 Å². The highest BCUT2D eigenvalue weighted by Crippen LogP contribution is 2.22. The molecule has 3 rings (SSSR count). The Morgan fingerprint density at radius 2 is 1.82 bits per heavy atom. The molecule has 2 aromatic carbocycles. The maximum absolute atomic E-state index is 12.4. The summed E-state index contributed by atoms with van der Waals surface area (Å²) in [7, 11) is -3.68. The third-order valence-electron chi connectivity index (χ3n) is 4.22. The Bertz CT molecular complexity index is 999. The lowest BCUT2D eigenvalue weighted by molar-refractivity contribution is -0.123. The molecule has 2 aromatic rings. The summed E-state index contributed by atoms with van der Waals surface area (Å²) in [6, 6.07) is 12.8. The van der Waals surface area contributed by atoms with Crippen molar-refractivity contribution in [1.82, 2.24) is 4.72 Å². The molecule has 148 valence electrons. The molecule has 1 atom stereocenters. The molecule has 0 aromatic heterocycles. The largest absolute Gasteiger partial charge is 0.449 e. The van der Waals surface area contributed by atoms with Crippen LogP contribution in [0.2, 0.25) is 0 Å². The molecule has 0 bridgehead atoms. The summed E-state index contributed by atoms with van der Waals surface area (Å²) >= 11 is 0. The average molecular weight is 402 g/mol. The lowest BCUT2D eigenvalue weighted by Gasteiger charge is -2.14. The van der Waals surface area contributed by atoms with Crippen LogP contribution in [0.15, 0.2) is 53.4 Å². The highest BCUT2D eigenvalue weighted by molar-refractivity contribution is 7.89. The van der Waals surface area contributed by atoms with Crippen LogP contribution in [0.4, 0.5) is 5.69 Å². The summed E-state index contributed by atoms with van der Waals surface area (Å²) in [6.07, 6.45) is 0.584. The van der Waals surface area contributed by atoms with Gasteiger partial charge in [-0.25, -0.2) is 17.9 Å². The molecule has 1 fully saturated rings. The summed E-state index contributed by atoms with van der Waals surface area (Å²) in [5.41, 5.74) is 1.65. The third-order valence-corrected chi connectivity index (χ3v) is 5.74. The molecule has 1 unspecified atom stereocenters. The van der Waals surface area contributed by atoms with E-state index in [1.807, 2.05) is 19.1 Å². The van der Waals surface area contributed by atoms with Crippen molar-refractivity contribution in [1.29, 1.82) is 0 Å². The van der Waals surface area contributed by atoms with E-state index >= 15 is 0 Å². The summed E-state index contributed by atoms with van der Waals surface area (Å²) in [4.78, 5) is 24.6. The van der Waals surface area contributed by atoms with E-state index in [9.17, 15) is 18.0 Å². The first kappa shape index (κ1) is 20.0. The lowest BCUT2D eigenvalue weighted by Crippen LogP contribution is -2.30. The van der Waals surface area contributed by atoms with Gasteiger partial charge in [0.05, 0.1) is 10.5 Å². The Labute approximate surface area is 164 Å². The van der Waals surface area contributed by atoms with E-state index in [0.29, 0.717) is 5.69 Å². The quantitative estimate of drug-likeness (QED) is 0.693. The van der Waals surface area contributed by atoms with Gasteiger partial charge in [0.15, 0.2) is 6.10 Å². The molecule has 28 heavy (non-hydrogen) atoms. The molecule has 1 saturated carbocycles. The van der Waals surface area contributed by atoms with Crippen molar-refractivity contribution < 1.29 is 22.7 Å². The Kier molecular flexibility index (Phi) is 5.81. The van der Waals surface area contributed by atoms with E-state index in [2.05, 4.69) is 10.0 Å². The zero-order chi connectivity index (χ0) is 20.3. The number of nitrogens with one attached hydrogen (secondary N) is 2. The molecule has 2 N–H and O–H groups in total. The Balaban J connectivity index is 1.65. The predicted octanol–water partition coefficient (Wildman–Crippen LogP) is 2.62. The summed E-state index contributed by atoms with van der Waals surface area (Å²) in [5, 5.41) is 2.68. The van der Waals surface area contributed by atoms with Crippen molar-refractivity contribution in [3.05, 3.63) is 59.7 Å². The topological polar surface area (TPSA) is 102 Å². The van der Waals surface area contributed by atoms with Crippen LogP contribution in [0.3, 0.4) is 0 Å². The van der Waals surface area contributed by atoms with Gasteiger partial charge in [-0.3, -0.25) is 4.79 Å². The Morgan fingerprint density at radius 1 is 1.11 bits per heavy atom. The fraction of sp³-hybridized carbons (Fsp3) is 0.300. The van der Waals surface area contributed by atoms with Gasteiger partial charge in [-0.15, -0.1) is 0 Å². The van der Waals surface area contributed by atoms with Gasteiger partial charge in [-0.05, 0) is 62.6 Å². The molecular formula is C20H22N2O5S. The number of esters is 1. The van der Waals surface area contributed by atoms with Gasteiger partial charge in [0, 0.05) is 11.7 Å². The predicted molar refractivity (Wildman–Crippen MR) is 104 cm³/mol. The summed E-state index contributed by atoms with van der Waals surface area (Å²) in [6.45, 7) is 3.36. The minimum Gasteiger partial charge on any atom is -0.449 e. The molecule has 0 radical (unpaired) electrons. The van der Waals surface area contributed by atoms with Crippen LogP contribution < -0.4 is 10.0 Å². The molecule has 7 nitrogen and oxygen atoms in total. The highest BCUT2D eigenvalue weighted by Gasteiger charge is 2.28. The third kappa shape index (κ3) is 5.17. The number of hydrogen-bond acceptors (Lipinski definition) is 5. The molecule has 0 aliphatic heterocycles. The first-order valence-corrected chi connectivity index (χ1v) is 10.4. The standard InChI is InChI=1S/C20H22N2O5S/c1-13-5-3-7-17(11-13)21-19(23)14(2)27-20(24)15-6-4-8-18(12-15)28(25,26)22-16-9-10-16/h3-8,11-12,14,16,22H,9-10H2,1-2H3,(H,21,23). The van der Waals surface area contributed by atoms with Crippen molar-refractivity contribution in [3.8, 4) is 0 Å². The second-order valence-electron chi connectivity index (χ2n) is 6.83. The number of amides is 1. The molecule has 1 amide bonds. The number of sulfonamides is 1. The van der Waals surface area contributed by atoms with Crippen LogP contribution in [-0.2, 0) is 19.6 Å². The Hall–Kier alpha value is -2.71. The zero-order valence-electron chi connectivity index (χ0n) is 15.6. The number of rotatable bonds is 7. The zero-order valence-corrected chi connectivity index (χ0v) is 16.5. The fourth-order valence-corrected chi connectivity index (χ4v) is 3.88. The highest BCUT2D eigenvalue weighted by atomic mass is 32.2. The van der Waals surface area contributed by atoms with Crippen LogP contribution in [0.1, 0.15) is 35.7 Å². The van der Waals surface area contributed by atoms with Gasteiger partial charge in [-0.2, -0.15) is 0 Å². The van der Waals surface area contributed by atoms with Crippen LogP contribution in [0, 0.1) is 6.92 Å². The van der Waals surface area contributed by atoms with Gasteiger partial charge in [0.25, 0.3) is 5.91 Å². The van der Waals surface area contributed by atoms with Crippen LogP contribution in [-0.4, -0.2) is 32.4 Å². The minimum atomic E-state index is -3.68. The maximum Gasteiger partial charge on any atom is 0.338 e. The van der Waals surface area contributed by atoms with E-state index in [0.717, 1.165) is 18.4 Å². The maximum atomic E-state index is 12.4. The van der Waals surface area contributed by atoms with Crippen molar-refractivity contribution in [2.45, 2.75) is 43.7 Å². The first-order valence-electron chi connectivity index (χ1n) is 8.95. The van der Waals surface area contributed by atoms with Crippen LogP contribution in [0.5, 0.6) is 0 Å². The van der Waals surface area contributed by atoms with Crippen LogP contribution >= 0.6 is 0 Å². The number of benzene rings is 2. The minimum absolute atomic E-state index is 0.00860. The molecule has 0 heterocycles. The van der Waals surface area contributed by atoms with Crippen LogP contribution in [0.25, 0.3) is 0 Å². The van der Waals surface area contributed by atoms with Gasteiger partial charge in [0.1, 0.15) is 0 Å². The first-order chi connectivity index (χ1) is 13.2. The van der Waals surface area contributed by atoms with Crippen molar-refractivity contribution in [2.75, 3.05) is 5.32 Å². The summed E-state index contributed by atoms with van der Waals surface area (Å²) < 4.78 is 32.3. The molecular weight excluding hydrogens is 380 g/mol. The Morgan fingerprint density at radius 3 is 2.50 bits per heavy atom. The number of anilines is 1. The average Bonchev–Trinajstić information content (AvgIpc) is 3.45. The normalized spacial score (nSPS) is 14.9. The monoisotopic (exact) mass is 402 g/mol. The SMILES string of the molecule is Cc1cccc(NC(=O)C(C)OC(=O)c2cccc(S(=O)(=O)NC3CC3)c2)c1. The molecule has 0 saturated heterocycles. The molecule has 0 spiro atoms. The van der Waals surface area contributed by atoms with E-state index < -0.39 is 28.0 Å². The smallest absolute Gasteiger partial charge is 0.338 e. The second kappa shape index (κ2) is 8.12. The van der Waals surface area contributed by atoms with E-state index in [4.69, 9.17) is 4.74 Å². The van der Waals surface area contributed by atoms with E-state index in [-0.39, 0.29) is 16.5 Å². The number of carbonyl (C=O) groups is 2.